The lowest BCUT2D eigenvalue weighted by Gasteiger charge is -2.37. The number of rotatable bonds is 6. The van der Waals surface area contributed by atoms with Gasteiger partial charge in [0.15, 0.2) is 0 Å². The number of thiazole rings is 1. The zero-order chi connectivity index (χ0) is 22.9. The van der Waals surface area contributed by atoms with Gasteiger partial charge in [-0.1, -0.05) is 18.2 Å². The molecule has 1 atom stereocenters. The number of carbonyl (C=O) groups is 2. The molecule has 0 saturated heterocycles. The summed E-state index contributed by atoms with van der Waals surface area (Å²) in [7, 11) is 0. The molecule has 2 aromatic carbocycles. The van der Waals surface area contributed by atoms with Crippen LogP contribution >= 0.6 is 11.3 Å². The van der Waals surface area contributed by atoms with E-state index in [9.17, 15) is 14.0 Å². The minimum Gasteiger partial charge on any atom is -0.486 e. The van der Waals surface area contributed by atoms with Crippen molar-refractivity contribution in [2.75, 3.05) is 6.54 Å². The highest BCUT2D eigenvalue weighted by Gasteiger charge is 2.31. The molecule has 1 N–H and O–H groups in total. The molecule has 2 aliphatic rings. The second-order valence-corrected chi connectivity index (χ2v) is 9.39. The van der Waals surface area contributed by atoms with Crippen LogP contribution in [0.15, 0.2) is 47.8 Å². The van der Waals surface area contributed by atoms with E-state index in [1.165, 1.54) is 30.4 Å². The Labute approximate surface area is 195 Å². The van der Waals surface area contributed by atoms with Crippen LogP contribution < -0.4 is 10.1 Å². The molecule has 0 spiro atoms. The Morgan fingerprint density at radius 3 is 2.85 bits per heavy atom. The first kappa shape index (κ1) is 21.6. The summed E-state index contributed by atoms with van der Waals surface area (Å²) in [5.41, 5.74) is 3.19. The standard InChI is InChI=1S/C25H24FN3O3S/c1-15(30)29-10-9-16-5-8-20(12-21(16)24(29)17-3-2-4-18(26)11-17)32-13-23-28-22(14-33-23)25(31)27-19-6-7-19/h2-5,8,11-12,14,19,24H,6-7,9-10,13H2,1H3,(H,27,31)/t24-/m0/s1. The highest BCUT2D eigenvalue weighted by molar-refractivity contribution is 7.09. The lowest BCUT2D eigenvalue weighted by atomic mass is 9.88. The van der Waals surface area contributed by atoms with Crippen molar-refractivity contribution in [1.29, 1.82) is 0 Å². The molecular formula is C25H24FN3O3S. The van der Waals surface area contributed by atoms with Crippen LogP contribution in [0.25, 0.3) is 0 Å². The van der Waals surface area contributed by atoms with Gasteiger partial charge in [0.2, 0.25) is 5.91 Å². The molecule has 1 aromatic heterocycles. The predicted octanol–water partition coefficient (Wildman–Crippen LogP) is 4.25. The topological polar surface area (TPSA) is 71.5 Å². The fraction of sp³-hybridized carbons (Fsp3) is 0.320. The van der Waals surface area contributed by atoms with Crippen LogP contribution in [-0.4, -0.2) is 34.3 Å². The van der Waals surface area contributed by atoms with E-state index in [2.05, 4.69) is 10.3 Å². The fourth-order valence-corrected chi connectivity index (χ4v) is 4.86. The van der Waals surface area contributed by atoms with E-state index in [1.807, 2.05) is 24.3 Å². The Morgan fingerprint density at radius 1 is 1.24 bits per heavy atom. The van der Waals surface area contributed by atoms with E-state index in [0.29, 0.717) is 23.0 Å². The second kappa shape index (κ2) is 8.94. The third kappa shape index (κ3) is 4.75. The number of benzene rings is 2. The van der Waals surface area contributed by atoms with Gasteiger partial charge in [-0.3, -0.25) is 9.59 Å². The molecular weight excluding hydrogens is 441 g/mol. The first-order valence-electron chi connectivity index (χ1n) is 11.0. The number of fused-ring (bicyclic) bond motifs is 1. The van der Waals surface area contributed by atoms with Gasteiger partial charge in [0.25, 0.3) is 5.91 Å². The average Bonchev–Trinajstić information content (AvgIpc) is 3.49. The zero-order valence-corrected chi connectivity index (χ0v) is 19.0. The summed E-state index contributed by atoms with van der Waals surface area (Å²) >= 11 is 1.39. The first-order valence-corrected chi connectivity index (χ1v) is 11.9. The minimum absolute atomic E-state index is 0.0546. The number of carbonyl (C=O) groups excluding carboxylic acids is 2. The number of ether oxygens (including phenoxy) is 1. The number of nitrogens with zero attached hydrogens (tertiary/aromatic N) is 2. The summed E-state index contributed by atoms with van der Waals surface area (Å²) in [5.74, 6) is 0.109. The van der Waals surface area contributed by atoms with Gasteiger partial charge in [-0.15, -0.1) is 11.3 Å². The molecule has 6 nitrogen and oxygen atoms in total. The molecule has 2 heterocycles. The van der Waals surface area contributed by atoms with E-state index < -0.39 is 0 Å². The summed E-state index contributed by atoms with van der Waals surface area (Å²) in [6.45, 7) is 2.35. The largest absolute Gasteiger partial charge is 0.486 e. The summed E-state index contributed by atoms with van der Waals surface area (Å²) in [4.78, 5) is 30.7. The average molecular weight is 466 g/mol. The van der Waals surface area contributed by atoms with Gasteiger partial charge in [-0.2, -0.15) is 0 Å². The normalized spacial score (nSPS) is 17.4. The van der Waals surface area contributed by atoms with Crippen molar-refractivity contribution in [2.45, 2.75) is 44.9 Å². The maximum atomic E-state index is 14.0. The lowest BCUT2D eigenvalue weighted by molar-refractivity contribution is -0.130. The highest BCUT2D eigenvalue weighted by atomic mass is 32.1. The van der Waals surface area contributed by atoms with Gasteiger partial charge in [-0.05, 0) is 60.2 Å². The summed E-state index contributed by atoms with van der Waals surface area (Å²) in [6, 6.07) is 12.1. The number of aromatic nitrogens is 1. The van der Waals surface area contributed by atoms with Crippen LogP contribution in [0.2, 0.25) is 0 Å². The Balaban J connectivity index is 1.36. The summed E-state index contributed by atoms with van der Waals surface area (Å²) in [6.07, 6.45) is 2.79. The summed E-state index contributed by atoms with van der Waals surface area (Å²) < 4.78 is 20.0. The van der Waals surface area contributed by atoms with E-state index in [1.54, 1.807) is 16.3 Å². The molecule has 0 unspecified atom stereocenters. The molecule has 5 rings (SSSR count). The maximum Gasteiger partial charge on any atom is 0.270 e. The van der Waals surface area contributed by atoms with Crippen molar-refractivity contribution in [3.8, 4) is 5.75 Å². The first-order chi connectivity index (χ1) is 16.0. The third-order valence-electron chi connectivity index (χ3n) is 5.97. The molecule has 1 aliphatic heterocycles. The number of halogens is 1. The van der Waals surface area contributed by atoms with Gasteiger partial charge in [0.1, 0.15) is 28.9 Å². The van der Waals surface area contributed by atoms with E-state index in [4.69, 9.17) is 4.74 Å². The van der Waals surface area contributed by atoms with Crippen LogP contribution in [0.4, 0.5) is 4.39 Å². The Morgan fingerprint density at radius 2 is 2.09 bits per heavy atom. The maximum absolute atomic E-state index is 14.0. The molecule has 1 fully saturated rings. The van der Waals surface area contributed by atoms with Crippen LogP contribution in [0.5, 0.6) is 5.75 Å². The molecule has 1 saturated carbocycles. The van der Waals surface area contributed by atoms with Gasteiger partial charge in [0.05, 0.1) is 6.04 Å². The van der Waals surface area contributed by atoms with Crippen molar-refractivity contribution in [3.63, 3.8) is 0 Å². The van der Waals surface area contributed by atoms with Crippen LogP contribution in [-0.2, 0) is 17.8 Å². The van der Waals surface area contributed by atoms with Crippen LogP contribution in [0, 0.1) is 5.82 Å². The number of nitrogens with one attached hydrogen (secondary N) is 1. The molecule has 3 aromatic rings. The van der Waals surface area contributed by atoms with Gasteiger partial charge < -0.3 is 15.0 Å². The zero-order valence-electron chi connectivity index (χ0n) is 18.2. The van der Waals surface area contributed by atoms with E-state index in [-0.39, 0.29) is 36.3 Å². The third-order valence-corrected chi connectivity index (χ3v) is 6.80. The highest BCUT2D eigenvalue weighted by Crippen LogP contribution is 2.37. The molecule has 8 heteroatoms. The second-order valence-electron chi connectivity index (χ2n) is 8.44. The van der Waals surface area contributed by atoms with Gasteiger partial charge >= 0.3 is 0 Å². The molecule has 1 aliphatic carbocycles. The Bertz CT molecular complexity index is 1210. The minimum atomic E-state index is -0.372. The fourth-order valence-electron chi connectivity index (χ4n) is 4.17. The SMILES string of the molecule is CC(=O)N1CCc2ccc(OCc3nc(C(=O)NC4CC4)cs3)cc2[C@@H]1c1cccc(F)c1. The molecule has 2 amide bonds. The smallest absolute Gasteiger partial charge is 0.270 e. The molecule has 0 bridgehead atoms. The predicted molar refractivity (Wildman–Crippen MR) is 123 cm³/mol. The molecule has 170 valence electrons. The van der Waals surface area contributed by atoms with Gasteiger partial charge in [-0.25, -0.2) is 9.37 Å². The number of amides is 2. The Kier molecular flexibility index (Phi) is 5.85. The van der Waals surface area contributed by atoms with Crippen molar-refractivity contribution >= 4 is 23.2 Å². The quantitative estimate of drug-likeness (QED) is 0.591. The van der Waals surface area contributed by atoms with Crippen molar-refractivity contribution < 1.29 is 18.7 Å². The van der Waals surface area contributed by atoms with Crippen LogP contribution in [0.1, 0.15) is 58.0 Å². The van der Waals surface area contributed by atoms with Crippen molar-refractivity contribution in [1.82, 2.24) is 15.2 Å². The molecule has 0 radical (unpaired) electrons. The van der Waals surface area contributed by atoms with Crippen molar-refractivity contribution in [3.05, 3.63) is 81.1 Å². The van der Waals surface area contributed by atoms with E-state index >= 15 is 0 Å². The van der Waals surface area contributed by atoms with Gasteiger partial charge in [0, 0.05) is 24.9 Å². The van der Waals surface area contributed by atoms with E-state index in [0.717, 1.165) is 36.0 Å². The molecule has 33 heavy (non-hydrogen) atoms. The number of hydrogen-bond acceptors (Lipinski definition) is 5. The van der Waals surface area contributed by atoms with Crippen molar-refractivity contribution in [2.24, 2.45) is 0 Å². The number of hydrogen-bond donors (Lipinski definition) is 1. The van der Waals surface area contributed by atoms with Crippen LogP contribution in [0.3, 0.4) is 0 Å². The Hall–Kier alpha value is -3.26. The summed E-state index contributed by atoms with van der Waals surface area (Å²) in [5, 5.41) is 5.39. The monoisotopic (exact) mass is 465 g/mol. The lowest BCUT2D eigenvalue weighted by Crippen LogP contribution is -2.39.